The summed E-state index contributed by atoms with van der Waals surface area (Å²) >= 11 is 0. The van der Waals surface area contributed by atoms with Gasteiger partial charge in [0.25, 0.3) is 5.89 Å². The van der Waals surface area contributed by atoms with Crippen molar-refractivity contribution in [2.45, 2.75) is 26.9 Å². The second kappa shape index (κ2) is 4.76. The molecule has 0 fully saturated rings. The molecule has 0 bridgehead atoms. The highest BCUT2D eigenvalue weighted by molar-refractivity contribution is 5.84. The molecule has 0 spiro atoms. The van der Waals surface area contributed by atoms with Crippen LogP contribution >= 0.6 is 0 Å². The molecule has 1 N–H and O–H groups in total. The van der Waals surface area contributed by atoms with Gasteiger partial charge in [0.15, 0.2) is 6.61 Å². The lowest BCUT2D eigenvalue weighted by Crippen LogP contribution is -1.95. The van der Waals surface area contributed by atoms with Gasteiger partial charge in [0.1, 0.15) is 5.75 Å². The summed E-state index contributed by atoms with van der Waals surface area (Å²) in [6.45, 7) is 4.34. The van der Waals surface area contributed by atoms with Crippen molar-refractivity contribution in [3.63, 3.8) is 0 Å². The molecule has 0 radical (unpaired) electrons. The van der Waals surface area contributed by atoms with E-state index >= 15 is 0 Å². The predicted molar refractivity (Wildman–Crippen MR) is 71.0 cm³/mol. The third kappa shape index (κ3) is 2.31. The van der Waals surface area contributed by atoms with Crippen molar-refractivity contribution < 1.29 is 9.15 Å². The molecular formula is C14H15N3O2. The minimum Gasteiger partial charge on any atom is -0.484 e. The minimum atomic E-state index is 0.290. The average molecular weight is 257 g/mol. The standard InChI is InChI=1S/C14H15N3O2/c1-3-13-16-17-14(19-13)8-18-10-4-5-11-9(2)7-15-12(11)6-10/h4-7,15H,3,8H2,1-2H3. The molecule has 1 aromatic carbocycles. The van der Waals surface area contributed by atoms with Crippen molar-refractivity contribution in [2.75, 3.05) is 0 Å². The Morgan fingerprint density at radius 1 is 1.26 bits per heavy atom. The number of nitrogens with zero attached hydrogens (tertiary/aromatic N) is 2. The molecule has 0 saturated carbocycles. The first kappa shape index (κ1) is 11.8. The van der Waals surface area contributed by atoms with Crippen molar-refractivity contribution >= 4 is 10.9 Å². The number of H-pyrrole nitrogens is 1. The van der Waals surface area contributed by atoms with Crippen LogP contribution in [0, 0.1) is 6.92 Å². The van der Waals surface area contributed by atoms with Gasteiger partial charge < -0.3 is 14.1 Å². The van der Waals surface area contributed by atoms with Crippen LogP contribution in [0.3, 0.4) is 0 Å². The van der Waals surface area contributed by atoms with E-state index in [0.717, 1.165) is 17.7 Å². The number of benzene rings is 1. The van der Waals surface area contributed by atoms with Crippen LogP contribution in [0.5, 0.6) is 5.75 Å². The van der Waals surface area contributed by atoms with E-state index in [-0.39, 0.29) is 6.61 Å². The van der Waals surface area contributed by atoms with Gasteiger partial charge >= 0.3 is 0 Å². The summed E-state index contributed by atoms with van der Waals surface area (Å²) < 4.78 is 11.0. The smallest absolute Gasteiger partial charge is 0.253 e. The lowest BCUT2D eigenvalue weighted by atomic mass is 10.2. The second-order valence-corrected chi connectivity index (χ2v) is 4.41. The fourth-order valence-electron chi connectivity index (χ4n) is 1.97. The predicted octanol–water partition coefficient (Wildman–Crippen LogP) is 3.00. The van der Waals surface area contributed by atoms with Gasteiger partial charge in [0.2, 0.25) is 5.89 Å². The van der Waals surface area contributed by atoms with Crippen LogP contribution in [0.2, 0.25) is 0 Å². The molecular weight excluding hydrogens is 242 g/mol. The molecule has 0 aliphatic carbocycles. The molecule has 5 nitrogen and oxygen atoms in total. The Kier molecular flexibility index (Phi) is 2.95. The summed E-state index contributed by atoms with van der Waals surface area (Å²) in [6, 6.07) is 5.96. The highest BCUT2D eigenvalue weighted by Crippen LogP contribution is 2.23. The molecule has 0 aliphatic rings. The summed E-state index contributed by atoms with van der Waals surface area (Å²) in [5.41, 5.74) is 2.29. The largest absolute Gasteiger partial charge is 0.484 e. The van der Waals surface area contributed by atoms with Crippen LogP contribution in [0.15, 0.2) is 28.8 Å². The highest BCUT2D eigenvalue weighted by Gasteiger charge is 2.06. The van der Waals surface area contributed by atoms with Crippen LogP contribution in [0.25, 0.3) is 10.9 Å². The van der Waals surface area contributed by atoms with Crippen molar-refractivity contribution in [1.29, 1.82) is 0 Å². The van der Waals surface area contributed by atoms with Crippen LogP contribution in [0.4, 0.5) is 0 Å². The number of nitrogens with one attached hydrogen (secondary N) is 1. The van der Waals surface area contributed by atoms with E-state index in [2.05, 4.69) is 22.1 Å². The first-order valence-electron chi connectivity index (χ1n) is 6.28. The quantitative estimate of drug-likeness (QED) is 0.780. The summed E-state index contributed by atoms with van der Waals surface area (Å²) in [7, 11) is 0. The number of rotatable bonds is 4. The molecule has 5 heteroatoms. The third-order valence-electron chi connectivity index (χ3n) is 3.03. The summed E-state index contributed by atoms with van der Waals surface area (Å²) in [5, 5.41) is 9.02. The summed E-state index contributed by atoms with van der Waals surface area (Å²) in [4.78, 5) is 3.21. The Bertz CT molecular complexity index is 700. The number of hydrogen-bond acceptors (Lipinski definition) is 4. The number of fused-ring (bicyclic) bond motifs is 1. The monoisotopic (exact) mass is 257 g/mol. The Morgan fingerprint density at radius 3 is 2.89 bits per heavy atom. The molecule has 2 heterocycles. The maximum absolute atomic E-state index is 5.65. The SMILES string of the molecule is CCc1nnc(COc2ccc3c(C)c[nH]c3c2)o1. The second-order valence-electron chi connectivity index (χ2n) is 4.41. The van der Waals surface area contributed by atoms with Crippen LogP contribution in [0.1, 0.15) is 24.3 Å². The van der Waals surface area contributed by atoms with Gasteiger partial charge in [-0.25, -0.2) is 0 Å². The number of hydrogen-bond donors (Lipinski definition) is 1. The van der Waals surface area contributed by atoms with Gasteiger partial charge in [-0.05, 0) is 24.6 Å². The number of aromatic amines is 1. The molecule has 0 amide bonds. The molecule has 2 aromatic heterocycles. The van der Waals surface area contributed by atoms with E-state index in [0.29, 0.717) is 11.8 Å². The maximum Gasteiger partial charge on any atom is 0.253 e. The van der Waals surface area contributed by atoms with Crippen LogP contribution in [-0.4, -0.2) is 15.2 Å². The molecule has 3 aromatic rings. The highest BCUT2D eigenvalue weighted by atomic mass is 16.5. The van der Waals surface area contributed by atoms with Crippen LogP contribution in [-0.2, 0) is 13.0 Å². The van der Waals surface area contributed by atoms with Crippen LogP contribution < -0.4 is 4.74 Å². The topological polar surface area (TPSA) is 63.9 Å². The minimum absolute atomic E-state index is 0.290. The van der Waals surface area contributed by atoms with Crippen molar-refractivity contribution in [3.05, 3.63) is 41.7 Å². The molecule has 0 saturated heterocycles. The van der Waals surface area contributed by atoms with E-state index in [4.69, 9.17) is 9.15 Å². The van der Waals surface area contributed by atoms with Gasteiger partial charge in [-0.3, -0.25) is 0 Å². The molecule has 19 heavy (non-hydrogen) atoms. The van der Waals surface area contributed by atoms with Crippen molar-refractivity contribution in [1.82, 2.24) is 15.2 Å². The molecule has 0 unspecified atom stereocenters. The normalized spacial score (nSPS) is 11.1. The zero-order valence-corrected chi connectivity index (χ0v) is 10.9. The first-order valence-corrected chi connectivity index (χ1v) is 6.28. The Morgan fingerprint density at radius 2 is 2.11 bits per heavy atom. The zero-order valence-electron chi connectivity index (χ0n) is 10.9. The fourth-order valence-corrected chi connectivity index (χ4v) is 1.97. The fraction of sp³-hybridized carbons (Fsp3) is 0.286. The lowest BCUT2D eigenvalue weighted by Gasteiger charge is -2.03. The first-order chi connectivity index (χ1) is 9.26. The summed E-state index contributed by atoms with van der Waals surface area (Å²) in [6.07, 6.45) is 2.72. The van der Waals surface area contributed by atoms with E-state index in [9.17, 15) is 0 Å². The van der Waals surface area contributed by atoms with E-state index in [1.54, 1.807) is 0 Å². The average Bonchev–Trinajstić information content (AvgIpc) is 3.03. The van der Waals surface area contributed by atoms with Gasteiger partial charge in [-0.2, -0.15) is 0 Å². The third-order valence-corrected chi connectivity index (χ3v) is 3.03. The molecule has 0 aliphatic heterocycles. The van der Waals surface area contributed by atoms with Gasteiger partial charge in [-0.1, -0.05) is 6.92 Å². The van der Waals surface area contributed by atoms with E-state index < -0.39 is 0 Å². The van der Waals surface area contributed by atoms with E-state index in [1.807, 2.05) is 31.3 Å². The number of aryl methyl sites for hydroxylation is 2. The van der Waals surface area contributed by atoms with Gasteiger partial charge in [0.05, 0.1) is 0 Å². The number of aromatic nitrogens is 3. The van der Waals surface area contributed by atoms with Gasteiger partial charge in [0, 0.05) is 29.6 Å². The Hall–Kier alpha value is -2.30. The zero-order chi connectivity index (χ0) is 13.2. The Balaban J connectivity index is 1.74. The molecule has 3 rings (SSSR count). The van der Waals surface area contributed by atoms with Crippen molar-refractivity contribution in [2.24, 2.45) is 0 Å². The maximum atomic E-state index is 5.65. The Labute approximate surface area is 110 Å². The lowest BCUT2D eigenvalue weighted by molar-refractivity contribution is 0.259. The number of ether oxygens (including phenoxy) is 1. The van der Waals surface area contributed by atoms with Gasteiger partial charge in [-0.15, -0.1) is 10.2 Å². The van der Waals surface area contributed by atoms with E-state index in [1.165, 1.54) is 10.9 Å². The molecule has 98 valence electrons. The molecule has 0 atom stereocenters. The summed E-state index contributed by atoms with van der Waals surface area (Å²) in [5.74, 6) is 1.92. The van der Waals surface area contributed by atoms with Crippen molar-refractivity contribution in [3.8, 4) is 5.75 Å².